The second-order valence-electron chi connectivity index (χ2n) is 4.89. The fourth-order valence-corrected chi connectivity index (χ4v) is 2.39. The first-order valence-electron chi connectivity index (χ1n) is 6.43. The first kappa shape index (κ1) is 13.6. The molecule has 3 rings (SSSR count). The van der Waals surface area contributed by atoms with E-state index in [0.29, 0.717) is 22.5 Å². The lowest BCUT2D eigenvalue weighted by atomic mass is 10.1. The van der Waals surface area contributed by atoms with Crippen molar-refractivity contribution in [1.29, 1.82) is 0 Å². The van der Waals surface area contributed by atoms with Gasteiger partial charge in [-0.25, -0.2) is 9.59 Å². The summed E-state index contributed by atoms with van der Waals surface area (Å²) < 4.78 is 6.19. The summed E-state index contributed by atoms with van der Waals surface area (Å²) in [5.74, 6) is -0.671. The molecule has 0 aliphatic heterocycles. The van der Waals surface area contributed by atoms with E-state index in [1.54, 1.807) is 12.1 Å². The summed E-state index contributed by atoms with van der Waals surface area (Å²) in [7, 11) is 0. The smallest absolute Gasteiger partial charge is 0.372 e. The van der Waals surface area contributed by atoms with Gasteiger partial charge in [0.15, 0.2) is 0 Å². The number of rotatable bonds is 2. The Labute approximate surface area is 125 Å². The summed E-state index contributed by atoms with van der Waals surface area (Å²) in [4.78, 5) is 23.7. The Balaban J connectivity index is 2.20. The number of nitrogens with zero attached hydrogens (tertiary/aromatic N) is 1. The van der Waals surface area contributed by atoms with Crippen LogP contribution >= 0.6 is 11.6 Å². The lowest BCUT2D eigenvalue weighted by Gasteiger charge is -2.09. The van der Waals surface area contributed by atoms with E-state index in [1.807, 2.05) is 31.2 Å². The molecule has 0 saturated carbocycles. The van der Waals surface area contributed by atoms with Crippen LogP contribution in [0.15, 0.2) is 56.5 Å². The van der Waals surface area contributed by atoms with Gasteiger partial charge in [-0.2, -0.15) is 0 Å². The van der Waals surface area contributed by atoms with Gasteiger partial charge in [-0.05, 0) is 30.7 Å². The molecule has 0 atom stereocenters. The van der Waals surface area contributed by atoms with Crippen molar-refractivity contribution in [2.75, 3.05) is 0 Å². The summed E-state index contributed by atoms with van der Waals surface area (Å²) in [6.45, 7) is 2.33. The van der Waals surface area contributed by atoms with Crippen LogP contribution < -0.4 is 11.4 Å². The molecule has 0 saturated heterocycles. The first-order chi connectivity index (χ1) is 10.0. The third-order valence-corrected chi connectivity index (χ3v) is 3.57. The average Bonchev–Trinajstić information content (AvgIpc) is 2.46. The van der Waals surface area contributed by atoms with Gasteiger partial charge in [0.25, 0.3) is 0 Å². The molecule has 1 heterocycles. The van der Waals surface area contributed by atoms with E-state index in [-0.39, 0.29) is 0 Å². The van der Waals surface area contributed by atoms with Crippen LogP contribution in [0.1, 0.15) is 11.1 Å². The molecule has 1 aromatic heterocycles. The molecule has 0 bridgehead atoms. The fraction of sp³-hybridized carbons (Fsp3) is 0.125. The molecule has 0 unspecified atom stereocenters. The van der Waals surface area contributed by atoms with Crippen molar-refractivity contribution in [1.82, 2.24) is 4.57 Å². The zero-order valence-electron chi connectivity index (χ0n) is 11.3. The van der Waals surface area contributed by atoms with Crippen molar-refractivity contribution >= 4 is 22.5 Å². The van der Waals surface area contributed by atoms with Crippen molar-refractivity contribution in [2.45, 2.75) is 13.5 Å². The zero-order valence-corrected chi connectivity index (χ0v) is 12.1. The third kappa shape index (κ3) is 2.62. The molecule has 0 fully saturated rings. The summed E-state index contributed by atoms with van der Waals surface area (Å²) >= 11 is 5.89. The monoisotopic (exact) mass is 301 g/mol. The molecule has 0 aliphatic carbocycles. The topological polar surface area (TPSA) is 52.2 Å². The second kappa shape index (κ2) is 5.22. The quantitative estimate of drug-likeness (QED) is 0.731. The third-order valence-electron chi connectivity index (χ3n) is 3.33. The van der Waals surface area contributed by atoms with Gasteiger partial charge in [0.1, 0.15) is 0 Å². The van der Waals surface area contributed by atoms with Crippen molar-refractivity contribution in [3.63, 3.8) is 0 Å². The molecule has 106 valence electrons. The van der Waals surface area contributed by atoms with Crippen molar-refractivity contribution in [2.24, 2.45) is 0 Å². The Hall–Kier alpha value is -2.33. The van der Waals surface area contributed by atoms with Crippen LogP contribution in [-0.2, 0) is 6.54 Å². The number of aromatic nitrogens is 1. The summed E-state index contributed by atoms with van der Waals surface area (Å²) in [5.41, 5.74) is 1.94. The van der Waals surface area contributed by atoms with Crippen molar-refractivity contribution in [3.8, 4) is 0 Å². The van der Waals surface area contributed by atoms with Gasteiger partial charge >= 0.3 is 11.4 Å². The van der Waals surface area contributed by atoms with Gasteiger partial charge in [-0.1, -0.05) is 41.4 Å². The van der Waals surface area contributed by atoms with Crippen LogP contribution in [0.2, 0.25) is 5.02 Å². The molecule has 3 aromatic rings. The van der Waals surface area contributed by atoms with E-state index in [2.05, 4.69) is 0 Å². The zero-order chi connectivity index (χ0) is 15.0. The average molecular weight is 302 g/mol. The van der Waals surface area contributed by atoms with E-state index in [4.69, 9.17) is 16.0 Å². The van der Waals surface area contributed by atoms with Crippen LogP contribution in [0.25, 0.3) is 10.9 Å². The van der Waals surface area contributed by atoms with Crippen LogP contribution in [0.4, 0.5) is 0 Å². The number of halogens is 1. The van der Waals surface area contributed by atoms with Gasteiger partial charge in [0, 0.05) is 5.02 Å². The predicted octanol–water partition coefficient (Wildman–Crippen LogP) is 2.96. The van der Waals surface area contributed by atoms with Crippen molar-refractivity contribution in [3.05, 3.63) is 79.6 Å². The number of benzene rings is 2. The summed E-state index contributed by atoms with van der Waals surface area (Å²) in [6, 6.07) is 12.6. The Morgan fingerprint density at radius 3 is 2.52 bits per heavy atom. The van der Waals surface area contributed by atoms with Gasteiger partial charge in [-0.3, -0.25) is 4.57 Å². The van der Waals surface area contributed by atoms with E-state index in [9.17, 15) is 9.59 Å². The molecule has 0 radical (unpaired) electrons. The predicted molar refractivity (Wildman–Crippen MR) is 82.0 cm³/mol. The Morgan fingerprint density at radius 1 is 1.10 bits per heavy atom. The largest absolute Gasteiger partial charge is 0.422 e. The second-order valence-corrected chi connectivity index (χ2v) is 5.33. The highest BCUT2D eigenvalue weighted by atomic mass is 35.5. The molecule has 4 nitrogen and oxygen atoms in total. The van der Waals surface area contributed by atoms with Gasteiger partial charge in [0.2, 0.25) is 0 Å². The van der Waals surface area contributed by atoms with E-state index >= 15 is 0 Å². The van der Waals surface area contributed by atoms with Crippen molar-refractivity contribution < 1.29 is 4.42 Å². The number of hydrogen-bond acceptors (Lipinski definition) is 3. The van der Waals surface area contributed by atoms with Crippen LogP contribution in [-0.4, -0.2) is 4.57 Å². The molecule has 0 N–H and O–H groups in total. The molecular formula is C16H12ClNO3. The molecule has 5 heteroatoms. The lowest BCUT2D eigenvalue weighted by molar-refractivity contribution is 0.425. The molecule has 0 amide bonds. The van der Waals surface area contributed by atoms with E-state index < -0.39 is 11.4 Å². The van der Waals surface area contributed by atoms with E-state index in [1.165, 1.54) is 10.6 Å². The SMILES string of the molecule is Cc1ccc(Cn2c(=O)oc(=O)c3cc(Cl)ccc32)cc1. The standard InChI is InChI=1S/C16H12ClNO3/c1-10-2-4-11(5-3-10)9-18-14-7-6-12(17)8-13(14)15(19)21-16(18)20/h2-8H,9H2,1H3. The van der Waals surface area contributed by atoms with Gasteiger partial charge in [0.05, 0.1) is 17.4 Å². The molecule has 21 heavy (non-hydrogen) atoms. The van der Waals surface area contributed by atoms with Crippen LogP contribution in [0.3, 0.4) is 0 Å². The minimum absolute atomic E-state index is 0.300. The summed E-state index contributed by atoms with van der Waals surface area (Å²) in [6.07, 6.45) is 0. The Morgan fingerprint density at radius 2 is 1.81 bits per heavy atom. The maximum absolute atomic E-state index is 12.0. The Bertz CT molecular complexity index is 923. The maximum Gasteiger partial charge on any atom is 0.422 e. The van der Waals surface area contributed by atoms with Gasteiger partial charge in [-0.15, -0.1) is 0 Å². The molecule has 0 spiro atoms. The highest BCUT2D eigenvalue weighted by molar-refractivity contribution is 6.31. The highest BCUT2D eigenvalue weighted by Crippen LogP contribution is 2.16. The highest BCUT2D eigenvalue weighted by Gasteiger charge is 2.10. The van der Waals surface area contributed by atoms with E-state index in [0.717, 1.165) is 11.1 Å². The van der Waals surface area contributed by atoms with Crippen LogP contribution in [0, 0.1) is 6.92 Å². The van der Waals surface area contributed by atoms with Gasteiger partial charge < -0.3 is 4.42 Å². The summed E-state index contributed by atoms with van der Waals surface area (Å²) in [5, 5.41) is 0.726. The minimum Gasteiger partial charge on any atom is -0.372 e. The Kier molecular flexibility index (Phi) is 3.39. The molecular weight excluding hydrogens is 290 g/mol. The number of hydrogen-bond donors (Lipinski definition) is 0. The maximum atomic E-state index is 12.0. The lowest BCUT2D eigenvalue weighted by Crippen LogP contribution is -2.25. The molecule has 0 aliphatic rings. The minimum atomic E-state index is -0.671. The number of fused-ring (bicyclic) bond motifs is 1. The number of aryl methyl sites for hydroxylation is 1. The first-order valence-corrected chi connectivity index (χ1v) is 6.81. The van der Waals surface area contributed by atoms with Crippen LogP contribution in [0.5, 0.6) is 0 Å². The normalized spacial score (nSPS) is 11.0. The fourth-order valence-electron chi connectivity index (χ4n) is 2.22. The molecule has 2 aromatic carbocycles.